The van der Waals surface area contributed by atoms with Crippen LogP contribution in [0.3, 0.4) is 0 Å². The summed E-state index contributed by atoms with van der Waals surface area (Å²) < 4.78 is 0. The lowest BCUT2D eigenvalue weighted by atomic mass is 10.3. The third-order valence-electron chi connectivity index (χ3n) is 0.878. The molecule has 0 aromatic rings. The average molecular weight is 147 g/mol. The van der Waals surface area contributed by atoms with Gasteiger partial charge in [-0.15, -0.1) is 0 Å². The molecule has 0 aliphatic carbocycles. The van der Waals surface area contributed by atoms with Gasteiger partial charge in [0.05, 0.1) is 0 Å². The van der Waals surface area contributed by atoms with Gasteiger partial charge in [-0.1, -0.05) is 12.2 Å². The van der Waals surface area contributed by atoms with Crippen LogP contribution >= 0.6 is 12.2 Å². The van der Waals surface area contributed by atoms with Crippen LogP contribution in [-0.2, 0) is 4.79 Å². The first-order chi connectivity index (χ1) is 4.18. The molecule has 9 heavy (non-hydrogen) atoms. The molecule has 0 spiro atoms. The van der Waals surface area contributed by atoms with E-state index >= 15 is 0 Å². The van der Waals surface area contributed by atoms with Crippen molar-refractivity contribution in [3.05, 3.63) is 0 Å². The molecule has 0 saturated carbocycles. The molecule has 0 aliphatic heterocycles. The zero-order valence-electron chi connectivity index (χ0n) is 5.13. The maximum Gasteiger partial charge on any atom is 0.320 e. The molecule has 0 saturated heterocycles. The van der Waals surface area contributed by atoms with Crippen LogP contribution < -0.4 is 5.32 Å². The van der Waals surface area contributed by atoms with E-state index in [9.17, 15) is 4.79 Å². The van der Waals surface area contributed by atoms with Gasteiger partial charge in [0.25, 0.3) is 0 Å². The highest BCUT2D eigenvalue weighted by molar-refractivity contribution is 7.79. The SMILES string of the molecule is C[C@H](NCC=S)C(=O)O. The predicted molar refractivity (Wildman–Crippen MR) is 38.8 cm³/mol. The second-order valence-electron chi connectivity index (χ2n) is 1.63. The van der Waals surface area contributed by atoms with Crippen LogP contribution in [-0.4, -0.2) is 29.0 Å². The molecule has 0 rings (SSSR count). The summed E-state index contributed by atoms with van der Waals surface area (Å²) in [7, 11) is 0. The summed E-state index contributed by atoms with van der Waals surface area (Å²) in [5.74, 6) is -0.855. The molecule has 0 unspecified atom stereocenters. The molecule has 52 valence electrons. The smallest absolute Gasteiger partial charge is 0.320 e. The minimum atomic E-state index is -0.855. The summed E-state index contributed by atoms with van der Waals surface area (Å²) >= 11 is 4.48. The maximum atomic E-state index is 10.1. The fourth-order valence-corrected chi connectivity index (χ4v) is 0.408. The van der Waals surface area contributed by atoms with E-state index in [1.165, 1.54) is 5.37 Å². The van der Waals surface area contributed by atoms with Gasteiger partial charge in [-0.2, -0.15) is 0 Å². The fraction of sp³-hybridized carbons (Fsp3) is 0.600. The largest absolute Gasteiger partial charge is 0.480 e. The summed E-state index contributed by atoms with van der Waals surface area (Å²) in [4.78, 5) is 10.1. The van der Waals surface area contributed by atoms with Crippen molar-refractivity contribution in [1.82, 2.24) is 5.32 Å². The molecule has 0 aromatic heterocycles. The van der Waals surface area contributed by atoms with Gasteiger partial charge in [-0.05, 0) is 12.3 Å². The highest BCUT2D eigenvalue weighted by Gasteiger charge is 2.06. The van der Waals surface area contributed by atoms with Gasteiger partial charge in [0.1, 0.15) is 6.04 Å². The Morgan fingerprint density at radius 2 is 2.56 bits per heavy atom. The topological polar surface area (TPSA) is 49.3 Å². The van der Waals surface area contributed by atoms with Crippen molar-refractivity contribution in [3.8, 4) is 0 Å². The molecule has 2 N–H and O–H groups in total. The number of hydrogen-bond acceptors (Lipinski definition) is 3. The van der Waals surface area contributed by atoms with Crippen molar-refractivity contribution in [2.45, 2.75) is 13.0 Å². The summed E-state index contributed by atoms with van der Waals surface area (Å²) in [5.41, 5.74) is 0. The zero-order valence-corrected chi connectivity index (χ0v) is 5.94. The van der Waals surface area contributed by atoms with Crippen molar-refractivity contribution in [1.29, 1.82) is 0 Å². The summed E-state index contributed by atoms with van der Waals surface area (Å²) in [5, 5.41) is 12.4. The molecule has 0 fully saturated rings. The van der Waals surface area contributed by atoms with Crippen LogP contribution in [0.4, 0.5) is 0 Å². The number of carbonyl (C=O) groups is 1. The second kappa shape index (κ2) is 4.40. The van der Waals surface area contributed by atoms with Crippen molar-refractivity contribution < 1.29 is 9.90 Å². The number of carboxylic acids is 1. The van der Waals surface area contributed by atoms with Crippen LogP contribution in [0.5, 0.6) is 0 Å². The number of hydrogen-bond donors (Lipinski definition) is 2. The summed E-state index contributed by atoms with van der Waals surface area (Å²) in [6.07, 6.45) is 0. The predicted octanol–water partition coefficient (Wildman–Crippen LogP) is 0.0488. The van der Waals surface area contributed by atoms with Gasteiger partial charge in [0.2, 0.25) is 0 Å². The first-order valence-corrected chi connectivity index (χ1v) is 3.05. The molecule has 0 heterocycles. The lowest BCUT2D eigenvalue weighted by Crippen LogP contribution is -2.34. The Kier molecular flexibility index (Phi) is 4.17. The van der Waals surface area contributed by atoms with Gasteiger partial charge in [0.15, 0.2) is 0 Å². The minimum absolute atomic E-state index is 0.461. The number of thiocarbonyl (C=S) groups is 1. The Morgan fingerprint density at radius 3 is 2.89 bits per heavy atom. The molecule has 4 heteroatoms. The van der Waals surface area contributed by atoms with Crippen molar-refractivity contribution in [3.63, 3.8) is 0 Å². The molecule has 0 amide bonds. The number of carboxylic acid groups (broad SMARTS) is 1. The number of nitrogens with one attached hydrogen (secondary N) is 1. The van der Waals surface area contributed by atoms with Crippen molar-refractivity contribution >= 4 is 23.6 Å². The van der Waals surface area contributed by atoms with E-state index in [0.717, 1.165) is 0 Å². The van der Waals surface area contributed by atoms with Gasteiger partial charge in [-0.3, -0.25) is 4.79 Å². The Bertz CT molecular complexity index is 116. The zero-order chi connectivity index (χ0) is 7.28. The highest BCUT2D eigenvalue weighted by atomic mass is 32.1. The maximum absolute atomic E-state index is 10.1. The van der Waals surface area contributed by atoms with E-state index in [4.69, 9.17) is 5.11 Å². The van der Waals surface area contributed by atoms with Gasteiger partial charge in [0, 0.05) is 6.54 Å². The Labute approximate surface area is 59.1 Å². The van der Waals surface area contributed by atoms with Crippen LogP contribution in [0.15, 0.2) is 0 Å². The van der Waals surface area contributed by atoms with Gasteiger partial charge >= 0.3 is 5.97 Å². The van der Waals surface area contributed by atoms with E-state index in [2.05, 4.69) is 17.5 Å². The number of rotatable bonds is 4. The summed E-state index contributed by atoms with van der Waals surface area (Å²) in [6, 6.07) is -0.510. The third kappa shape index (κ3) is 4.05. The van der Waals surface area contributed by atoms with E-state index in [-0.39, 0.29) is 0 Å². The number of aliphatic carboxylic acids is 1. The average Bonchev–Trinajstić information content (AvgIpc) is 1.82. The first kappa shape index (κ1) is 8.52. The molecule has 0 aromatic carbocycles. The minimum Gasteiger partial charge on any atom is -0.480 e. The quantitative estimate of drug-likeness (QED) is 0.552. The molecular formula is C5H9NO2S. The Hall–Kier alpha value is -0.480. The van der Waals surface area contributed by atoms with E-state index in [0.29, 0.717) is 6.54 Å². The highest BCUT2D eigenvalue weighted by Crippen LogP contribution is 1.77. The van der Waals surface area contributed by atoms with Crippen molar-refractivity contribution in [2.24, 2.45) is 0 Å². The summed E-state index contributed by atoms with van der Waals surface area (Å²) in [6.45, 7) is 2.03. The van der Waals surface area contributed by atoms with E-state index < -0.39 is 12.0 Å². The van der Waals surface area contributed by atoms with Gasteiger partial charge < -0.3 is 10.4 Å². The molecule has 0 bridgehead atoms. The molecule has 0 radical (unpaired) electrons. The van der Waals surface area contributed by atoms with E-state index in [1.807, 2.05) is 0 Å². The molecular weight excluding hydrogens is 138 g/mol. The lowest BCUT2D eigenvalue weighted by molar-refractivity contribution is -0.138. The van der Waals surface area contributed by atoms with Crippen LogP contribution in [0, 0.1) is 0 Å². The Morgan fingerprint density at radius 1 is 2.00 bits per heavy atom. The molecule has 1 atom stereocenters. The monoisotopic (exact) mass is 147 g/mol. The van der Waals surface area contributed by atoms with Crippen LogP contribution in [0.2, 0.25) is 0 Å². The standard InChI is InChI=1S/C5H9NO2S/c1-4(5(7)8)6-2-3-9/h3-4,6H,2H2,1H3,(H,7,8)/t4-/m0/s1. The van der Waals surface area contributed by atoms with Crippen LogP contribution in [0.1, 0.15) is 6.92 Å². The van der Waals surface area contributed by atoms with Gasteiger partial charge in [-0.25, -0.2) is 0 Å². The van der Waals surface area contributed by atoms with Crippen LogP contribution in [0.25, 0.3) is 0 Å². The Balaban J connectivity index is 3.37. The second-order valence-corrected chi connectivity index (χ2v) is 1.97. The fourth-order valence-electron chi connectivity index (χ4n) is 0.312. The molecule has 3 nitrogen and oxygen atoms in total. The first-order valence-electron chi connectivity index (χ1n) is 2.58. The van der Waals surface area contributed by atoms with E-state index in [1.54, 1.807) is 6.92 Å². The third-order valence-corrected chi connectivity index (χ3v) is 1.04. The lowest BCUT2D eigenvalue weighted by Gasteiger charge is -2.03. The normalized spacial score (nSPS) is 12.6. The molecule has 0 aliphatic rings. The van der Waals surface area contributed by atoms with Crippen molar-refractivity contribution in [2.75, 3.05) is 6.54 Å².